The number of carbonyl (C=O) groups is 1. The van der Waals surface area contributed by atoms with Crippen LogP contribution in [0.2, 0.25) is 0 Å². The SMILES string of the molecule is Cc1cc(C)n(CC(=O)NC2CCC(N)CC2)n1. The lowest BCUT2D eigenvalue weighted by Gasteiger charge is -2.26. The van der Waals surface area contributed by atoms with E-state index in [1.54, 1.807) is 4.68 Å². The van der Waals surface area contributed by atoms with E-state index in [-0.39, 0.29) is 11.9 Å². The Morgan fingerprint density at radius 2 is 2.11 bits per heavy atom. The Morgan fingerprint density at radius 1 is 1.44 bits per heavy atom. The maximum absolute atomic E-state index is 11.9. The van der Waals surface area contributed by atoms with Gasteiger partial charge in [-0.1, -0.05) is 0 Å². The van der Waals surface area contributed by atoms with Crippen LogP contribution < -0.4 is 11.1 Å². The fraction of sp³-hybridized carbons (Fsp3) is 0.692. The molecule has 1 fully saturated rings. The van der Waals surface area contributed by atoms with Gasteiger partial charge >= 0.3 is 0 Å². The number of aromatic nitrogens is 2. The molecule has 1 aromatic rings. The first-order valence-corrected chi connectivity index (χ1v) is 6.60. The number of nitrogens with two attached hydrogens (primary N) is 1. The Morgan fingerprint density at radius 3 is 2.67 bits per heavy atom. The van der Waals surface area contributed by atoms with Gasteiger partial charge in [0.25, 0.3) is 0 Å². The Labute approximate surface area is 108 Å². The zero-order valence-electron chi connectivity index (χ0n) is 11.1. The van der Waals surface area contributed by atoms with E-state index in [2.05, 4.69) is 10.4 Å². The van der Waals surface area contributed by atoms with Gasteiger partial charge in [0.1, 0.15) is 6.54 Å². The first kappa shape index (κ1) is 13.1. The lowest BCUT2D eigenvalue weighted by atomic mass is 9.92. The third-order valence-electron chi connectivity index (χ3n) is 3.53. The van der Waals surface area contributed by atoms with Crippen LogP contribution in [0.3, 0.4) is 0 Å². The van der Waals surface area contributed by atoms with Gasteiger partial charge in [0.2, 0.25) is 5.91 Å². The predicted molar refractivity (Wildman–Crippen MR) is 70.1 cm³/mol. The van der Waals surface area contributed by atoms with E-state index in [0.29, 0.717) is 12.6 Å². The summed E-state index contributed by atoms with van der Waals surface area (Å²) < 4.78 is 1.75. The standard InChI is InChI=1S/C13H22N4O/c1-9-7-10(2)17(16-9)8-13(18)15-12-5-3-11(14)4-6-12/h7,11-12H,3-6,8,14H2,1-2H3,(H,15,18). The molecule has 0 saturated heterocycles. The molecule has 5 heteroatoms. The van der Waals surface area contributed by atoms with Gasteiger partial charge in [-0.05, 0) is 45.6 Å². The molecule has 0 spiro atoms. The molecule has 100 valence electrons. The largest absolute Gasteiger partial charge is 0.352 e. The number of amides is 1. The summed E-state index contributed by atoms with van der Waals surface area (Å²) in [5.41, 5.74) is 7.82. The second kappa shape index (κ2) is 5.52. The van der Waals surface area contributed by atoms with Crippen molar-refractivity contribution in [1.29, 1.82) is 0 Å². The molecule has 1 saturated carbocycles. The van der Waals surface area contributed by atoms with Crippen molar-refractivity contribution in [2.75, 3.05) is 0 Å². The van der Waals surface area contributed by atoms with Crippen LogP contribution in [-0.2, 0) is 11.3 Å². The summed E-state index contributed by atoms with van der Waals surface area (Å²) in [5.74, 6) is 0.0432. The summed E-state index contributed by atoms with van der Waals surface area (Å²) in [6.07, 6.45) is 3.99. The second-order valence-electron chi connectivity index (χ2n) is 5.26. The average molecular weight is 250 g/mol. The number of nitrogens with one attached hydrogen (secondary N) is 1. The van der Waals surface area contributed by atoms with E-state index >= 15 is 0 Å². The van der Waals surface area contributed by atoms with Gasteiger partial charge < -0.3 is 11.1 Å². The third kappa shape index (κ3) is 3.32. The number of hydrogen-bond acceptors (Lipinski definition) is 3. The van der Waals surface area contributed by atoms with Gasteiger partial charge in [-0.15, -0.1) is 0 Å². The Bertz CT molecular complexity index is 419. The maximum atomic E-state index is 11.9. The van der Waals surface area contributed by atoms with E-state index in [9.17, 15) is 4.79 Å². The Hall–Kier alpha value is -1.36. The zero-order chi connectivity index (χ0) is 13.1. The lowest BCUT2D eigenvalue weighted by molar-refractivity contribution is -0.122. The Kier molecular flexibility index (Phi) is 4.01. The van der Waals surface area contributed by atoms with Crippen LogP contribution >= 0.6 is 0 Å². The minimum atomic E-state index is 0.0432. The molecule has 18 heavy (non-hydrogen) atoms. The van der Waals surface area contributed by atoms with Crippen LogP contribution in [0, 0.1) is 13.8 Å². The summed E-state index contributed by atoms with van der Waals surface area (Å²) >= 11 is 0. The van der Waals surface area contributed by atoms with Crippen molar-refractivity contribution in [2.45, 2.75) is 58.2 Å². The summed E-state index contributed by atoms with van der Waals surface area (Å²) in [4.78, 5) is 11.9. The normalized spacial score (nSPS) is 23.9. The van der Waals surface area contributed by atoms with Gasteiger partial charge in [-0.25, -0.2) is 0 Å². The van der Waals surface area contributed by atoms with Crippen molar-refractivity contribution in [1.82, 2.24) is 15.1 Å². The number of rotatable bonds is 3. The summed E-state index contributed by atoms with van der Waals surface area (Å²) in [5, 5.41) is 7.36. The minimum Gasteiger partial charge on any atom is -0.352 e. The minimum absolute atomic E-state index is 0.0432. The molecule has 0 aliphatic heterocycles. The third-order valence-corrected chi connectivity index (χ3v) is 3.53. The van der Waals surface area contributed by atoms with E-state index in [4.69, 9.17) is 5.73 Å². The molecule has 3 N–H and O–H groups in total. The van der Waals surface area contributed by atoms with Crippen LogP contribution in [0.25, 0.3) is 0 Å². The molecule has 0 radical (unpaired) electrons. The summed E-state index contributed by atoms with van der Waals surface area (Å²) in [6, 6.07) is 2.58. The highest BCUT2D eigenvalue weighted by Gasteiger charge is 2.20. The van der Waals surface area contributed by atoms with Crippen molar-refractivity contribution in [2.24, 2.45) is 5.73 Å². The average Bonchev–Trinajstić information content (AvgIpc) is 2.61. The summed E-state index contributed by atoms with van der Waals surface area (Å²) in [6.45, 7) is 4.21. The molecule has 0 aromatic carbocycles. The second-order valence-corrected chi connectivity index (χ2v) is 5.26. The molecule has 1 aliphatic carbocycles. The molecule has 1 aromatic heterocycles. The van der Waals surface area contributed by atoms with Crippen molar-refractivity contribution in [3.63, 3.8) is 0 Å². The van der Waals surface area contributed by atoms with E-state index < -0.39 is 0 Å². The monoisotopic (exact) mass is 250 g/mol. The van der Waals surface area contributed by atoms with Crippen LogP contribution in [0.1, 0.15) is 37.1 Å². The molecule has 5 nitrogen and oxygen atoms in total. The van der Waals surface area contributed by atoms with E-state index in [0.717, 1.165) is 37.1 Å². The van der Waals surface area contributed by atoms with Gasteiger partial charge in [-0.2, -0.15) is 5.10 Å². The Balaban J connectivity index is 1.83. The van der Waals surface area contributed by atoms with Crippen LogP contribution in [0.5, 0.6) is 0 Å². The maximum Gasteiger partial charge on any atom is 0.241 e. The van der Waals surface area contributed by atoms with Gasteiger partial charge in [0.05, 0.1) is 5.69 Å². The fourth-order valence-electron chi connectivity index (χ4n) is 2.51. The predicted octanol–water partition coefficient (Wildman–Crippen LogP) is 0.886. The molecular formula is C13H22N4O. The van der Waals surface area contributed by atoms with Crippen LogP contribution in [0.4, 0.5) is 0 Å². The summed E-state index contributed by atoms with van der Waals surface area (Å²) in [7, 11) is 0. The van der Waals surface area contributed by atoms with Crippen molar-refractivity contribution < 1.29 is 4.79 Å². The quantitative estimate of drug-likeness (QED) is 0.836. The molecule has 1 heterocycles. The highest BCUT2D eigenvalue weighted by atomic mass is 16.2. The van der Waals surface area contributed by atoms with Crippen LogP contribution in [-0.4, -0.2) is 27.8 Å². The van der Waals surface area contributed by atoms with Crippen molar-refractivity contribution in [3.8, 4) is 0 Å². The lowest BCUT2D eigenvalue weighted by Crippen LogP contribution is -2.41. The van der Waals surface area contributed by atoms with Gasteiger partial charge in [0, 0.05) is 17.8 Å². The highest BCUT2D eigenvalue weighted by molar-refractivity contribution is 5.76. The highest BCUT2D eigenvalue weighted by Crippen LogP contribution is 2.16. The number of nitrogens with zero attached hydrogens (tertiary/aromatic N) is 2. The number of carbonyl (C=O) groups excluding carboxylic acids is 1. The van der Waals surface area contributed by atoms with Crippen LogP contribution in [0.15, 0.2) is 6.07 Å². The zero-order valence-corrected chi connectivity index (χ0v) is 11.1. The molecule has 0 atom stereocenters. The molecule has 1 aliphatic rings. The molecule has 0 bridgehead atoms. The molecular weight excluding hydrogens is 228 g/mol. The number of aryl methyl sites for hydroxylation is 2. The van der Waals surface area contributed by atoms with E-state index in [1.807, 2.05) is 19.9 Å². The first-order chi connectivity index (χ1) is 8.54. The molecule has 2 rings (SSSR count). The number of hydrogen-bond donors (Lipinski definition) is 2. The van der Waals surface area contributed by atoms with E-state index in [1.165, 1.54) is 0 Å². The molecule has 0 unspecified atom stereocenters. The first-order valence-electron chi connectivity index (χ1n) is 6.60. The smallest absolute Gasteiger partial charge is 0.241 e. The van der Waals surface area contributed by atoms with Gasteiger partial charge in [0.15, 0.2) is 0 Å². The molecule has 1 amide bonds. The van der Waals surface area contributed by atoms with Gasteiger partial charge in [-0.3, -0.25) is 9.48 Å². The topological polar surface area (TPSA) is 72.9 Å². The fourth-order valence-corrected chi connectivity index (χ4v) is 2.51. The van der Waals surface area contributed by atoms with Crippen molar-refractivity contribution in [3.05, 3.63) is 17.5 Å². The van der Waals surface area contributed by atoms with Crippen molar-refractivity contribution >= 4 is 5.91 Å².